The van der Waals surface area contributed by atoms with E-state index in [1.165, 1.54) is 4.68 Å². The topological polar surface area (TPSA) is 94.1 Å². The summed E-state index contributed by atoms with van der Waals surface area (Å²) in [5.74, 6) is 0.754. The Kier molecular flexibility index (Phi) is 4.05. The number of nitrogens with one attached hydrogen (secondary N) is 1. The molecule has 0 aliphatic carbocycles. The molecular weight excluding hydrogens is 346 g/mol. The number of phenolic OH excluding ortho intramolecular Hbond substituents is 1. The third-order valence-corrected chi connectivity index (χ3v) is 5.54. The first-order valence-corrected chi connectivity index (χ1v) is 9.08. The SMILES string of the molecule is Cc1c(C(=O)NC2CCc3nn(C)c(=O)n3CC2)c2cc(O)ccc2n1C. The monoisotopic (exact) mass is 369 g/mol. The largest absolute Gasteiger partial charge is 0.508 e. The number of hydrogen-bond donors (Lipinski definition) is 2. The van der Waals surface area contributed by atoms with Gasteiger partial charge in [0.25, 0.3) is 5.91 Å². The van der Waals surface area contributed by atoms with Crippen LogP contribution in [-0.4, -0.2) is 36.0 Å². The van der Waals surface area contributed by atoms with Gasteiger partial charge in [-0.1, -0.05) is 0 Å². The van der Waals surface area contributed by atoms with Gasteiger partial charge >= 0.3 is 5.69 Å². The molecule has 0 spiro atoms. The minimum Gasteiger partial charge on any atom is -0.508 e. The molecule has 1 unspecified atom stereocenters. The van der Waals surface area contributed by atoms with Crippen LogP contribution in [0.3, 0.4) is 0 Å². The highest BCUT2D eigenvalue weighted by Gasteiger charge is 2.24. The van der Waals surface area contributed by atoms with E-state index in [-0.39, 0.29) is 23.4 Å². The molecule has 0 saturated carbocycles. The second-order valence-electron chi connectivity index (χ2n) is 7.19. The van der Waals surface area contributed by atoms with Gasteiger partial charge in [0, 0.05) is 49.7 Å². The predicted molar refractivity (Wildman–Crippen MR) is 101 cm³/mol. The first kappa shape index (κ1) is 17.4. The summed E-state index contributed by atoms with van der Waals surface area (Å²) in [5.41, 5.74) is 2.22. The number of benzene rings is 1. The summed E-state index contributed by atoms with van der Waals surface area (Å²) in [7, 11) is 3.56. The Morgan fingerprint density at radius 1 is 1.30 bits per heavy atom. The van der Waals surface area contributed by atoms with Gasteiger partial charge in [0.2, 0.25) is 0 Å². The smallest absolute Gasteiger partial charge is 0.345 e. The Labute approximate surface area is 156 Å². The summed E-state index contributed by atoms with van der Waals surface area (Å²) in [5, 5.41) is 18.0. The van der Waals surface area contributed by atoms with Crippen molar-refractivity contribution in [2.75, 3.05) is 0 Å². The number of carbonyl (C=O) groups excluding carboxylic acids is 1. The molecule has 0 fully saturated rings. The van der Waals surface area contributed by atoms with Gasteiger partial charge in [-0.05, 0) is 38.0 Å². The molecule has 1 atom stereocenters. The Morgan fingerprint density at radius 2 is 2.07 bits per heavy atom. The van der Waals surface area contributed by atoms with Crippen LogP contribution in [0.15, 0.2) is 23.0 Å². The standard InChI is InChI=1S/C19H23N5O3/c1-11-17(14-10-13(25)5-6-15(14)22(11)2)18(26)20-12-4-7-16-21-23(3)19(27)24(16)9-8-12/h5-6,10,12,25H,4,7-9H2,1-3H3,(H,20,26). The number of nitrogens with zero attached hydrogens (tertiary/aromatic N) is 4. The molecule has 3 heterocycles. The zero-order valence-corrected chi connectivity index (χ0v) is 15.7. The van der Waals surface area contributed by atoms with E-state index < -0.39 is 0 Å². The van der Waals surface area contributed by atoms with Crippen molar-refractivity contribution in [1.29, 1.82) is 0 Å². The first-order valence-electron chi connectivity index (χ1n) is 9.08. The van der Waals surface area contributed by atoms with E-state index in [0.29, 0.717) is 24.9 Å². The minimum absolute atomic E-state index is 0.0316. The number of aromatic hydroxyl groups is 1. The number of aryl methyl sites for hydroxylation is 3. The average Bonchev–Trinajstić information content (AvgIpc) is 2.93. The Balaban J connectivity index is 1.58. The quantitative estimate of drug-likeness (QED) is 0.710. The Morgan fingerprint density at radius 3 is 2.85 bits per heavy atom. The van der Waals surface area contributed by atoms with E-state index in [4.69, 9.17) is 0 Å². The highest BCUT2D eigenvalue weighted by Crippen LogP contribution is 2.28. The molecule has 1 aromatic carbocycles. The molecule has 8 nitrogen and oxygen atoms in total. The van der Waals surface area contributed by atoms with Crippen LogP contribution in [0.25, 0.3) is 10.9 Å². The molecule has 2 N–H and O–H groups in total. The van der Waals surface area contributed by atoms with Gasteiger partial charge in [0.1, 0.15) is 11.6 Å². The maximum atomic E-state index is 13.0. The number of amides is 1. The highest BCUT2D eigenvalue weighted by molar-refractivity contribution is 6.08. The lowest BCUT2D eigenvalue weighted by Crippen LogP contribution is -2.36. The zero-order valence-electron chi connectivity index (χ0n) is 15.7. The van der Waals surface area contributed by atoms with E-state index in [0.717, 1.165) is 28.8 Å². The van der Waals surface area contributed by atoms with Crippen LogP contribution in [0.4, 0.5) is 0 Å². The second kappa shape index (κ2) is 6.29. The first-order chi connectivity index (χ1) is 12.9. The molecule has 142 valence electrons. The fourth-order valence-corrected chi connectivity index (χ4v) is 3.95. The molecule has 1 amide bonds. The van der Waals surface area contributed by atoms with Gasteiger partial charge in [-0.15, -0.1) is 0 Å². The summed E-state index contributed by atoms with van der Waals surface area (Å²) >= 11 is 0. The van der Waals surface area contributed by atoms with Crippen LogP contribution in [0.5, 0.6) is 5.75 Å². The van der Waals surface area contributed by atoms with Crippen molar-refractivity contribution in [1.82, 2.24) is 24.2 Å². The molecule has 4 rings (SSSR count). The lowest BCUT2D eigenvalue weighted by atomic mass is 10.1. The van der Waals surface area contributed by atoms with Gasteiger partial charge in [-0.3, -0.25) is 9.36 Å². The molecule has 0 bridgehead atoms. The maximum absolute atomic E-state index is 13.0. The third-order valence-electron chi connectivity index (χ3n) is 5.54. The number of fused-ring (bicyclic) bond motifs is 2. The molecule has 1 aliphatic heterocycles. The molecular formula is C19H23N5O3. The van der Waals surface area contributed by atoms with Crippen LogP contribution >= 0.6 is 0 Å². The predicted octanol–water partition coefficient (Wildman–Crippen LogP) is 1.22. The Hall–Kier alpha value is -3.03. The second-order valence-corrected chi connectivity index (χ2v) is 7.19. The van der Waals surface area contributed by atoms with E-state index in [1.54, 1.807) is 23.7 Å². The zero-order chi connectivity index (χ0) is 19.3. The van der Waals surface area contributed by atoms with E-state index in [9.17, 15) is 14.7 Å². The van der Waals surface area contributed by atoms with E-state index >= 15 is 0 Å². The van der Waals surface area contributed by atoms with Crippen molar-refractivity contribution < 1.29 is 9.90 Å². The average molecular weight is 369 g/mol. The highest BCUT2D eigenvalue weighted by atomic mass is 16.3. The molecule has 3 aromatic rings. The van der Waals surface area contributed by atoms with Crippen LogP contribution < -0.4 is 11.0 Å². The molecule has 1 aliphatic rings. The molecule has 8 heteroatoms. The van der Waals surface area contributed by atoms with Gasteiger partial charge in [-0.25, -0.2) is 9.48 Å². The van der Waals surface area contributed by atoms with Crippen molar-refractivity contribution in [3.63, 3.8) is 0 Å². The third kappa shape index (κ3) is 2.81. The number of rotatable bonds is 2. The maximum Gasteiger partial charge on any atom is 0.345 e. The lowest BCUT2D eigenvalue weighted by Gasteiger charge is -2.16. The Bertz CT molecular complexity index is 1100. The summed E-state index contributed by atoms with van der Waals surface area (Å²) < 4.78 is 5.00. The van der Waals surface area contributed by atoms with Gasteiger partial charge in [0.05, 0.1) is 5.56 Å². The van der Waals surface area contributed by atoms with E-state index in [2.05, 4.69) is 10.4 Å². The molecule has 2 aromatic heterocycles. The number of hydrogen-bond acceptors (Lipinski definition) is 4. The summed E-state index contributed by atoms with van der Waals surface area (Å²) in [6.45, 7) is 2.45. The summed E-state index contributed by atoms with van der Waals surface area (Å²) in [6, 6.07) is 5.03. The molecule has 0 saturated heterocycles. The van der Waals surface area contributed by atoms with Crippen LogP contribution in [0.1, 0.15) is 34.7 Å². The van der Waals surface area contributed by atoms with Crippen LogP contribution in [0.2, 0.25) is 0 Å². The van der Waals surface area contributed by atoms with Crippen LogP contribution in [0, 0.1) is 6.92 Å². The van der Waals surface area contributed by atoms with Crippen molar-refractivity contribution in [3.8, 4) is 5.75 Å². The molecule has 27 heavy (non-hydrogen) atoms. The number of aromatic nitrogens is 4. The van der Waals surface area contributed by atoms with Crippen molar-refractivity contribution in [2.24, 2.45) is 14.1 Å². The summed E-state index contributed by atoms with van der Waals surface area (Å²) in [6.07, 6.45) is 2.06. The lowest BCUT2D eigenvalue weighted by molar-refractivity contribution is 0.0933. The fourth-order valence-electron chi connectivity index (χ4n) is 3.95. The van der Waals surface area contributed by atoms with Crippen molar-refractivity contribution >= 4 is 16.8 Å². The van der Waals surface area contributed by atoms with Gasteiger partial charge in [-0.2, -0.15) is 5.10 Å². The molecule has 0 radical (unpaired) electrons. The van der Waals surface area contributed by atoms with Crippen molar-refractivity contribution in [3.05, 3.63) is 45.8 Å². The van der Waals surface area contributed by atoms with E-state index in [1.807, 2.05) is 24.6 Å². The van der Waals surface area contributed by atoms with Crippen molar-refractivity contribution in [2.45, 2.75) is 38.8 Å². The van der Waals surface area contributed by atoms with Crippen LogP contribution in [-0.2, 0) is 27.1 Å². The van der Waals surface area contributed by atoms with Gasteiger partial charge in [0.15, 0.2) is 0 Å². The number of carbonyl (C=O) groups is 1. The summed E-state index contributed by atoms with van der Waals surface area (Å²) in [4.78, 5) is 25.1. The number of phenols is 1. The van der Waals surface area contributed by atoms with Gasteiger partial charge < -0.3 is 15.0 Å². The minimum atomic E-state index is -0.152. The fraction of sp³-hybridized carbons (Fsp3) is 0.421. The normalized spacial score (nSPS) is 16.9.